The van der Waals surface area contributed by atoms with Crippen LogP contribution in [0.4, 0.5) is 0 Å². The van der Waals surface area contributed by atoms with Gasteiger partial charge in [-0.2, -0.15) is 0 Å². The van der Waals surface area contributed by atoms with Crippen LogP contribution in [-0.2, 0) is 14.3 Å². The third kappa shape index (κ3) is 3.41. The molecule has 1 saturated heterocycles. The monoisotopic (exact) mass is 317 g/mol. The molecule has 0 bridgehead atoms. The van der Waals surface area contributed by atoms with Gasteiger partial charge in [0.05, 0.1) is 25.9 Å². The van der Waals surface area contributed by atoms with Crippen LogP contribution in [0.15, 0.2) is 34.7 Å². The summed E-state index contributed by atoms with van der Waals surface area (Å²) in [7, 11) is 0. The van der Waals surface area contributed by atoms with Gasteiger partial charge in [0.15, 0.2) is 6.10 Å². The lowest BCUT2D eigenvalue weighted by atomic mass is 10.1. The Morgan fingerprint density at radius 1 is 1.35 bits per heavy atom. The summed E-state index contributed by atoms with van der Waals surface area (Å²) in [5.74, 6) is 0.768. The predicted molar refractivity (Wildman–Crippen MR) is 87.2 cm³/mol. The van der Waals surface area contributed by atoms with Crippen LogP contribution >= 0.6 is 0 Å². The average molecular weight is 317 g/mol. The van der Waals surface area contributed by atoms with Gasteiger partial charge in [0, 0.05) is 11.9 Å². The van der Waals surface area contributed by atoms with Crippen LogP contribution < -0.4 is 0 Å². The summed E-state index contributed by atoms with van der Waals surface area (Å²) >= 11 is 0. The quantitative estimate of drug-likeness (QED) is 0.850. The van der Waals surface area contributed by atoms with Crippen LogP contribution in [-0.4, -0.2) is 43.3 Å². The minimum Gasteiger partial charge on any atom is -0.459 e. The number of furan rings is 1. The van der Waals surface area contributed by atoms with E-state index in [0.717, 1.165) is 23.2 Å². The lowest BCUT2D eigenvalue weighted by Crippen LogP contribution is -2.46. The zero-order valence-corrected chi connectivity index (χ0v) is 13.7. The number of benzene rings is 1. The SMILES string of the molecule is CCCN(C(=O)[C@@H]1COCCO1)[C@H](C)c1cc2ccccc2o1. The molecule has 1 aromatic carbocycles. The van der Waals surface area contributed by atoms with Crippen LogP contribution in [0.5, 0.6) is 0 Å². The molecule has 5 heteroatoms. The maximum Gasteiger partial charge on any atom is 0.254 e. The first kappa shape index (κ1) is 16.0. The molecule has 2 aromatic rings. The molecule has 0 aliphatic carbocycles. The summed E-state index contributed by atoms with van der Waals surface area (Å²) in [6.45, 7) is 6.06. The summed E-state index contributed by atoms with van der Waals surface area (Å²) in [6.07, 6.45) is 0.367. The second kappa shape index (κ2) is 7.15. The molecule has 0 saturated carbocycles. The van der Waals surface area contributed by atoms with Crippen molar-refractivity contribution in [3.63, 3.8) is 0 Å². The summed E-state index contributed by atoms with van der Waals surface area (Å²) in [6, 6.07) is 9.75. The van der Waals surface area contributed by atoms with Crippen LogP contribution in [0.1, 0.15) is 32.1 Å². The van der Waals surface area contributed by atoms with E-state index >= 15 is 0 Å². The second-order valence-electron chi connectivity index (χ2n) is 5.83. The Hall–Kier alpha value is -1.85. The summed E-state index contributed by atoms with van der Waals surface area (Å²) < 4.78 is 16.9. The second-order valence-corrected chi connectivity index (χ2v) is 5.83. The summed E-state index contributed by atoms with van der Waals surface area (Å²) in [5.41, 5.74) is 0.843. The molecule has 1 fully saturated rings. The summed E-state index contributed by atoms with van der Waals surface area (Å²) in [4.78, 5) is 14.6. The highest BCUT2D eigenvalue weighted by molar-refractivity contribution is 5.82. The molecule has 2 atom stereocenters. The van der Waals surface area contributed by atoms with Crippen molar-refractivity contribution in [2.45, 2.75) is 32.4 Å². The van der Waals surface area contributed by atoms with E-state index in [-0.39, 0.29) is 11.9 Å². The zero-order chi connectivity index (χ0) is 16.2. The molecule has 2 heterocycles. The number of para-hydroxylation sites is 1. The Morgan fingerprint density at radius 2 is 2.17 bits per heavy atom. The van der Waals surface area contributed by atoms with Crippen LogP contribution in [0.2, 0.25) is 0 Å². The van der Waals surface area contributed by atoms with Gasteiger partial charge in [-0.15, -0.1) is 0 Å². The van der Waals surface area contributed by atoms with E-state index in [9.17, 15) is 4.79 Å². The fraction of sp³-hybridized carbons (Fsp3) is 0.500. The Bertz CT molecular complexity index is 627. The molecule has 23 heavy (non-hydrogen) atoms. The highest BCUT2D eigenvalue weighted by Crippen LogP contribution is 2.28. The van der Waals surface area contributed by atoms with Gasteiger partial charge in [-0.05, 0) is 25.5 Å². The smallest absolute Gasteiger partial charge is 0.254 e. The maximum absolute atomic E-state index is 12.8. The molecule has 0 unspecified atom stereocenters. The van der Waals surface area contributed by atoms with Crippen molar-refractivity contribution in [3.05, 3.63) is 36.1 Å². The molecule has 1 aromatic heterocycles. The Labute approximate surface area is 136 Å². The molecule has 1 aliphatic heterocycles. The first-order valence-corrected chi connectivity index (χ1v) is 8.19. The number of fused-ring (bicyclic) bond motifs is 1. The maximum atomic E-state index is 12.8. The van der Waals surface area contributed by atoms with E-state index in [1.165, 1.54) is 0 Å². The Morgan fingerprint density at radius 3 is 2.87 bits per heavy atom. The molecule has 1 aliphatic rings. The average Bonchev–Trinajstić information content (AvgIpc) is 3.03. The molecule has 0 spiro atoms. The van der Waals surface area contributed by atoms with Gasteiger partial charge < -0.3 is 18.8 Å². The molecule has 124 valence electrons. The largest absolute Gasteiger partial charge is 0.459 e. The minimum atomic E-state index is -0.512. The molecule has 0 N–H and O–H groups in total. The van der Waals surface area contributed by atoms with Crippen LogP contribution in [0, 0.1) is 0 Å². The van der Waals surface area contributed by atoms with Crippen molar-refractivity contribution in [1.29, 1.82) is 0 Å². The number of ether oxygens (including phenoxy) is 2. The van der Waals surface area contributed by atoms with Crippen molar-refractivity contribution in [3.8, 4) is 0 Å². The normalized spacial score (nSPS) is 19.7. The number of amides is 1. The third-order valence-corrected chi connectivity index (χ3v) is 4.16. The number of hydrogen-bond acceptors (Lipinski definition) is 4. The summed E-state index contributed by atoms with van der Waals surface area (Å²) in [5, 5.41) is 1.05. The topological polar surface area (TPSA) is 51.9 Å². The number of hydrogen-bond donors (Lipinski definition) is 0. The molecule has 5 nitrogen and oxygen atoms in total. The van der Waals surface area contributed by atoms with E-state index in [4.69, 9.17) is 13.9 Å². The highest BCUT2D eigenvalue weighted by Gasteiger charge is 2.31. The van der Waals surface area contributed by atoms with Crippen molar-refractivity contribution in [1.82, 2.24) is 4.90 Å². The molecule has 3 rings (SSSR count). The van der Waals surface area contributed by atoms with Crippen molar-refractivity contribution >= 4 is 16.9 Å². The van der Waals surface area contributed by atoms with E-state index in [1.54, 1.807) is 0 Å². The third-order valence-electron chi connectivity index (χ3n) is 4.16. The zero-order valence-electron chi connectivity index (χ0n) is 13.7. The molecule has 0 radical (unpaired) electrons. The van der Waals surface area contributed by atoms with Gasteiger partial charge in [-0.1, -0.05) is 25.1 Å². The van der Waals surface area contributed by atoms with Gasteiger partial charge in [0.25, 0.3) is 5.91 Å². The fourth-order valence-electron chi connectivity index (χ4n) is 2.91. The number of nitrogens with zero attached hydrogens (tertiary/aromatic N) is 1. The first-order valence-electron chi connectivity index (χ1n) is 8.19. The Balaban J connectivity index is 1.82. The molecular weight excluding hydrogens is 294 g/mol. The number of rotatable bonds is 5. The van der Waals surface area contributed by atoms with Crippen molar-refractivity contribution < 1.29 is 18.7 Å². The molecule has 1 amide bonds. The van der Waals surface area contributed by atoms with E-state index < -0.39 is 6.10 Å². The van der Waals surface area contributed by atoms with E-state index in [2.05, 4.69) is 6.92 Å². The van der Waals surface area contributed by atoms with Gasteiger partial charge in [0.1, 0.15) is 11.3 Å². The van der Waals surface area contributed by atoms with E-state index in [1.807, 2.05) is 42.2 Å². The van der Waals surface area contributed by atoms with Crippen LogP contribution in [0.3, 0.4) is 0 Å². The molecular formula is C18H23NO4. The van der Waals surface area contributed by atoms with Gasteiger partial charge in [-0.3, -0.25) is 4.79 Å². The standard InChI is InChI=1S/C18H23NO4/c1-3-8-19(18(20)17-12-21-9-10-22-17)13(2)16-11-14-6-4-5-7-15(14)23-16/h4-7,11,13,17H,3,8-10,12H2,1-2H3/t13-,17+/m1/s1. The van der Waals surface area contributed by atoms with Crippen molar-refractivity contribution in [2.75, 3.05) is 26.4 Å². The number of carbonyl (C=O) groups is 1. The van der Waals surface area contributed by atoms with Crippen molar-refractivity contribution in [2.24, 2.45) is 0 Å². The van der Waals surface area contributed by atoms with Gasteiger partial charge in [0.2, 0.25) is 0 Å². The predicted octanol–water partition coefficient (Wildman–Crippen LogP) is 3.15. The van der Waals surface area contributed by atoms with Gasteiger partial charge >= 0.3 is 0 Å². The fourth-order valence-corrected chi connectivity index (χ4v) is 2.91. The number of carbonyl (C=O) groups excluding carboxylic acids is 1. The first-order chi connectivity index (χ1) is 11.2. The van der Waals surface area contributed by atoms with E-state index in [0.29, 0.717) is 26.4 Å². The lowest BCUT2D eigenvalue weighted by molar-refractivity contribution is -0.160. The van der Waals surface area contributed by atoms with Gasteiger partial charge in [-0.25, -0.2) is 0 Å². The Kier molecular flexibility index (Phi) is 4.98. The van der Waals surface area contributed by atoms with Crippen LogP contribution in [0.25, 0.3) is 11.0 Å². The lowest BCUT2D eigenvalue weighted by Gasteiger charge is -2.32. The highest BCUT2D eigenvalue weighted by atomic mass is 16.6. The minimum absolute atomic E-state index is 0.0282.